The molecule has 0 bridgehead atoms. The van der Waals surface area contributed by atoms with Crippen molar-refractivity contribution in [1.29, 1.82) is 0 Å². The molecule has 0 saturated carbocycles. The van der Waals surface area contributed by atoms with Gasteiger partial charge in [-0.25, -0.2) is 0 Å². The van der Waals surface area contributed by atoms with Crippen molar-refractivity contribution in [3.8, 4) is 0 Å². The first-order valence-corrected chi connectivity index (χ1v) is 4.06. The van der Waals surface area contributed by atoms with Crippen LogP contribution in [-0.4, -0.2) is 10.7 Å². The van der Waals surface area contributed by atoms with Gasteiger partial charge >= 0.3 is 0 Å². The van der Waals surface area contributed by atoms with Gasteiger partial charge in [-0.05, 0) is 32.9 Å². The normalized spacial score (nSPS) is 11.3. The van der Waals surface area contributed by atoms with Crippen molar-refractivity contribution in [2.45, 2.75) is 26.3 Å². The van der Waals surface area contributed by atoms with E-state index in [4.69, 9.17) is 0 Å². The first kappa shape index (κ1) is 9.07. The second-order valence-corrected chi connectivity index (χ2v) is 3.82. The molecule has 2 nitrogen and oxygen atoms in total. The summed E-state index contributed by atoms with van der Waals surface area (Å²) in [4.78, 5) is 0. The number of hydrogen-bond donors (Lipinski definition) is 1. The van der Waals surface area contributed by atoms with Crippen LogP contribution in [0.3, 0.4) is 0 Å². The van der Waals surface area contributed by atoms with E-state index in [1.807, 2.05) is 51.1 Å². The van der Waals surface area contributed by atoms with Gasteiger partial charge in [-0.1, -0.05) is 18.2 Å². The van der Waals surface area contributed by atoms with Crippen LogP contribution in [0.1, 0.15) is 20.8 Å². The van der Waals surface area contributed by atoms with Gasteiger partial charge in [0.15, 0.2) is 0 Å². The maximum Gasteiger partial charge on any atom is 0.0640 e. The van der Waals surface area contributed by atoms with Crippen LogP contribution in [0.4, 0.5) is 5.69 Å². The van der Waals surface area contributed by atoms with Gasteiger partial charge in [0.1, 0.15) is 0 Å². The predicted octanol–water partition coefficient (Wildman–Crippen LogP) is 2.68. The number of nitrogens with zero attached hydrogens (tertiary/aromatic N) is 1. The molecule has 1 rings (SSSR count). The molecule has 0 heterocycles. The fraction of sp³-hybridized carbons (Fsp3) is 0.400. The van der Waals surface area contributed by atoms with Crippen molar-refractivity contribution >= 4 is 5.69 Å². The van der Waals surface area contributed by atoms with Crippen LogP contribution in [0.25, 0.3) is 0 Å². The molecule has 2 heteroatoms. The number of benzene rings is 1. The molecule has 0 spiro atoms. The van der Waals surface area contributed by atoms with Gasteiger partial charge in [-0.3, -0.25) is 10.3 Å². The largest absolute Gasteiger partial charge is 0.288 e. The Morgan fingerprint density at radius 2 is 1.58 bits per heavy atom. The monoisotopic (exact) mass is 165 g/mol. The van der Waals surface area contributed by atoms with E-state index < -0.39 is 0 Å². The second-order valence-electron chi connectivity index (χ2n) is 3.82. The molecule has 0 amide bonds. The number of para-hydroxylation sites is 1. The Balaban J connectivity index is 2.86. The van der Waals surface area contributed by atoms with Crippen LogP contribution < -0.4 is 5.06 Å². The summed E-state index contributed by atoms with van der Waals surface area (Å²) >= 11 is 0. The van der Waals surface area contributed by atoms with Crippen molar-refractivity contribution in [3.05, 3.63) is 30.3 Å². The van der Waals surface area contributed by atoms with Crippen LogP contribution >= 0.6 is 0 Å². The molecule has 0 fully saturated rings. The Kier molecular flexibility index (Phi) is 2.38. The third-order valence-electron chi connectivity index (χ3n) is 1.64. The van der Waals surface area contributed by atoms with Gasteiger partial charge in [0.25, 0.3) is 0 Å². The maximum absolute atomic E-state index is 9.69. The molecule has 1 aromatic rings. The SMILES string of the molecule is CC(C)(C)N(O)c1ccccc1. The molecule has 1 aromatic carbocycles. The third kappa shape index (κ3) is 1.98. The molecule has 0 atom stereocenters. The molecule has 0 saturated heterocycles. The summed E-state index contributed by atoms with van der Waals surface area (Å²) in [5, 5.41) is 11.0. The lowest BCUT2D eigenvalue weighted by molar-refractivity contribution is 0.181. The first-order valence-electron chi connectivity index (χ1n) is 4.06. The molecular formula is C10H15NO. The van der Waals surface area contributed by atoms with Crippen LogP contribution in [0.5, 0.6) is 0 Å². The number of hydroxylamine groups is 1. The van der Waals surface area contributed by atoms with Crippen molar-refractivity contribution in [3.63, 3.8) is 0 Å². The van der Waals surface area contributed by atoms with Crippen LogP contribution in [0, 0.1) is 0 Å². The highest BCUT2D eigenvalue weighted by molar-refractivity contribution is 5.44. The van der Waals surface area contributed by atoms with Gasteiger partial charge in [0.05, 0.1) is 11.2 Å². The Morgan fingerprint density at radius 3 is 2.00 bits per heavy atom. The van der Waals surface area contributed by atoms with E-state index in [1.54, 1.807) is 0 Å². The van der Waals surface area contributed by atoms with E-state index in [2.05, 4.69) is 0 Å². The molecule has 0 aliphatic heterocycles. The van der Waals surface area contributed by atoms with Gasteiger partial charge < -0.3 is 0 Å². The number of rotatable bonds is 1. The summed E-state index contributed by atoms with van der Waals surface area (Å²) in [6.45, 7) is 5.88. The molecule has 0 radical (unpaired) electrons. The van der Waals surface area contributed by atoms with E-state index in [0.717, 1.165) is 5.69 Å². The topological polar surface area (TPSA) is 23.5 Å². The maximum atomic E-state index is 9.69. The second kappa shape index (κ2) is 3.15. The summed E-state index contributed by atoms with van der Waals surface area (Å²) < 4.78 is 0. The Labute approximate surface area is 73.4 Å². The van der Waals surface area contributed by atoms with E-state index in [0.29, 0.717) is 0 Å². The quantitative estimate of drug-likeness (QED) is 0.647. The van der Waals surface area contributed by atoms with Gasteiger partial charge in [-0.15, -0.1) is 0 Å². The Bertz CT molecular complexity index is 238. The Hall–Kier alpha value is -1.02. The molecule has 12 heavy (non-hydrogen) atoms. The minimum absolute atomic E-state index is 0.249. The Morgan fingerprint density at radius 1 is 1.08 bits per heavy atom. The zero-order valence-electron chi connectivity index (χ0n) is 7.78. The van der Waals surface area contributed by atoms with E-state index in [-0.39, 0.29) is 5.54 Å². The number of anilines is 1. The first-order chi connectivity index (χ1) is 5.52. The van der Waals surface area contributed by atoms with Crippen molar-refractivity contribution in [2.75, 3.05) is 5.06 Å². The number of hydrogen-bond acceptors (Lipinski definition) is 2. The van der Waals surface area contributed by atoms with Crippen molar-refractivity contribution < 1.29 is 5.21 Å². The third-order valence-corrected chi connectivity index (χ3v) is 1.64. The van der Waals surface area contributed by atoms with Gasteiger partial charge in [0.2, 0.25) is 0 Å². The average Bonchev–Trinajstić information content (AvgIpc) is 2.03. The van der Waals surface area contributed by atoms with Gasteiger partial charge in [-0.2, -0.15) is 0 Å². The molecule has 0 aromatic heterocycles. The molecule has 66 valence electrons. The predicted molar refractivity (Wildman–Crippen MR) is 50.5 cm³/mol. The minimum Gasteiger partial charge on any atom is -0.288 e. The highest BCUT2D eigenvalue weighted by Crippen LogP contribution is 2.20. The zero-order chi connectivity index (χ0) is 9.19. The van der Waals surface area contributed by atoms with Gasteiger partial charge in [0, 0.05) is 0 Å². The fourth-order valence-corrected chi connectivity index (χ4v) is 0.956. The zero-order valence-corrected chi connectivity index (χ0v) is 7.78. The standard InChI is InChI=1S/C10H15NO/c1-10(2,3)11(12)9-7-5-4-6-8-9/h4-8,12H,1-3H3. The molecule has 1 N–H and O–H groups in total. The average molecular weight is 165 g/mol. The molecular weight excluding hydrogens is 150 g/mol. The molecule has 0 aliphatic carbocycles. The van der Waals surface area contributed by atoms with Crippen LogP contribution in [-0.2, 0) is 0 Å². The lowest BCUT2D eigenvalue weighted by atomic mass is 10.1. The van der Waals surface area contributed by atoms with E-state index in [1.165, 1.54) is 5.06 Å². The lowest BCUT2D eigenvalue weighted by Crippen LogP contribution is -2.38. The van der Waals surface area contributed by atoms with E-state index in [9.17, 15) is 5.21 Å². The summed E-state index contributed by atoms with van der Waals surface area (Å²) in [5.74, 6) is 0. The molecule has 0 unspecified atom stereocenters. The summed E-state index contributed by atoms with van der Waals surface area (Å²) in [6, 6.07) is 9.51. The molecule has 0 aliphatic rings. The lowest BCUT2D eigenvalue weighted by Gasteiger charge is -2.31. The fourth-order valence-electron chi connectivity index (χ4n) is 0.956. The summed E-state index contributed by atoms with van der Waals surface area (Å²) in [5.41, 5.74) is 0.575. The summed E-state index contributed by atoms with van der Waals surface area (Å²) in [7, 11) is 0. The van der Waals surface area contributed by atoms with E-state index >= 15 is 0 Å². The highest BCUT2D eigenvalue weighted by atomic mass is 16.5. The van der Waals surface area contributed by atoms with Crippen LogP contribution in [0.2, 0.25) is 0 Å². The summed E-state index contributed by atoms with van der Waals surface area (Å²) in [6.07, 6.45) is 0. The van der Waals surface area contributed by atoms with Crippen molar-refractivity contribution in [1.82, 2.24) is 0 Å². The highest BCUT2D eigenvalue weighted by Gasteiger charge is 2.18. The van der Waals surface area contributed by atoms with Crippen LogP contribution in [0.15, 0.2) is 30.3 Å². The smallest absolute Gasteiger partial charge is 0.0640 e. The van der Waals surface area contributed by atoms with Crippen molar-refractivity contribution in [2.24, 2.45) is 0 Å². The minimum atomic E-state index is -0.249.